The van der Waals surface area contributed by atoms with E-state index in [-0.39, 0.29) is 15.8 Å². The molecule has 0 bridgehead atoms. The second-order valence-electron chi connectivity index (χ2n) is 6.06. The lowest BCUT2D eigenvalue weighted by Gasteiger charge is -2.22. The van der Waals surface area contributed by atoms with Crippen LogP contribution in [-0.4, -0.2) is 24.4 Å². The molecule has 1 aliphatic rings. The van der Waals surface area contributed by atoms with Crippen molar-refractivity contribution < 1.29 is 17.9 Å². The lowest BCUT2D eigenvalue weighted by Crippen LogP contribution is -2.30. The van der Waals surface area contributed by atoms with Crippen molar-refractivity contribution in [3.05, 3.63) is 28.8 Å². The number of ether oxygens (including phenoxy) is 1. The third-order valence-electron chi connectivity index (χ3n) is 4.04. The van der Waals surface area contributed by atoms with E-state index in [0.717, 1.165) is 25.3 Å². The van der Waals surface area contributed by atoms with Gasteiger partial charge in [-0.05, 0) is 49.7 Å². The van der Waals surface area contributed by atoms with E-state index in [1.165, 1.54) is 31.4 Å². The molecular formula is C17H22ClF3N2OS. The average Bonchev–Trinajstić information content (AvgIpc) is 2.56. The zero-order valence-electron chi connectivity index (χ0n) is 13.8. The van der Waals surface area contributed by atoms with E-state index in [0.29, 0.717) is 19.3 Å². The van der Waals surface area contributed by atoms with Crippen LogP contribution in [0.15, 0.2) is 18.2 Å². The van der Waals surface area contributed by atoms with Crippen LogP contribution >= 0.6 is 23.8 Å². The Morgan fingerprint density at radius 3 is 2.64 bits per heavy atom. The van der Waals surface area contributed by atoms with E-state index in [1.54, 1.807) is 0 Å². The maximum atomic E-state index is 12.8. The molecule has 0 amide bonds. The van der Waals surface area contributed by atoms with Crippen molar-refractivity contribution in [1.29, 1.82) is 0 Å². The van der Waals surface area contributed by atoms with E-state index in [2.05, 4.69) is 10.6 Å². The molecule has 1 aromatic carbocycles. The van der Waals surface area contributed by atoms with Crippen molar-refractivity contribution >= 4 is 34.6 Å². The molecule has 0 spiro atoms. The summed E-state index contributed by atoms with van der Waals surface area (Å²) in [5.74, 6) is 0. The van der Waals surface area contributed by atoms with Gasteiger partial charge in [0.15, 0.2) is 5.11 Å². The number of rotatable bonds is 6. The molecule has 8 heteroatoms. The van der Waals surface area contributed by atoms with Gasteiger partial charge in [-0.1, -0.05) is 30.9 Å². The van der Waals surface area contributed by atoms with E-state index < -0.39 is 11.7 Å². The summed E-state index contributed by atoms with van der Waals surface area (Å²) in [4.78, 5) is 0. The predicted molar refractivity (Wildman–Crippen MR) is 98.1 cm³/mol. The number of anilines is 1. The maximum Gasteiger partial charge on any atom is 0.417 e. The van der Waals surface area contributed by atoms with Crippen LogP contribution in [0.4, 0.5) is 18.9 Å². The van der Waals surface area contributed by atoms with Gasteiger partial charge in [-0.15, -0.1) is 0 Å². The number of benzene rings is 1. The number of alkyl halides is 3. The van der Waals surface area contributed by atoms with Gasteiger partial charge in [0.05, 0.1) is 16.7 Å². The Hall–Kier alpha value is -1.05. The van der Waals surface area contributed by atoms with Crippen LogP contribution in [0, 0.1) is 0 Å². The highest BCUT2D eigenvalue weighted by molar-refractivity contribution is 7.80. The summed E-state index contributed by atoms with van der Waals surface area (Å²) in [6.07, 6.45) is 2.68. The Balaban J connectivity index is 1.69. The lowest BCUT2D eigenvalue weighted by molar-refractivity contribution is -0.137. The second kappa shape index (κ2) is 9.59. The average molecular weight is 395 g/mol. The Labute approximate surface area is 156 Å². The molecule has 0 saturated heterocycles. The Morgan fingerprint density at radius 1 is 1.24 bits per heavy atom. The fourth-order valence-electron chi connectivity index (χ4n) is 2.75. The Morgan fingerprint density at radius 2 is 1.96 bits per heavy atom. The quantitative estimate of drug-likeness (QED) is 0.501. The molecule has 25 heavy (non-hydrogen) atoms. The summed E-state index contributed by atoms with van der Waals surface area (Å²) < 4.78 is 44.3. The number of hydrogen-bond donors (Lipinski definition) is 2. The van der Waals surface area contributed by atoms with Gasteiger partial charge in [0, 0.05) is 18.8 Å². The molecule has 0 unspecified atom stereocenters. The Bertz CT molecular complexity index is 578. The van der Waals surface area contributed by atoms with Crippen LogP contribution in [0.25, 0.3) is 0 Å². The van der Waals surface area contributed by atoms with Crippen LogP contribution in [0.2, 0.25) is 5.02 Å². The molecule has 1 saturated carbocycles. The maximum absolute atomic E-state index is 12.8. The molecule has 140 valence electrons. The van der Waals surface area contributed by atoms with Gasteiger partial charge in [-0.2, -0.15) is 13.2 Å². The van der Waals surface area contributed by atoms with Crippen molar-refractivity contribution in [2.24, 2.45) is 0 Å². The molecule has 0 aromatic heterocycles. The third-order valence-corrected chi connectivity index (χ3v) is 4.62. The summed E-state index contributed by atoms with van der Waals surface area (Å²) in [5.41, 5.74) is -0.643. The first-order valence-electron chi connectivity index (χ1n) is 8.39. The van der Waals surface area contributed by atoms with E-state index in [4.69, 9.17) is 28.6 Å². The van der Waals surface area contributed by atoms with Gasteiger partial charge in [-0.3, -0.25) is 0 Å². The molecule has 0 radical (unpaired) electrons. The van der Waals surface area contributed by atoms with E-state index in [1.807, 2.05) is 0 Å². The second-order valence-corrected chi connectivity index (χ2v) is 6.87. The van der Waals surface area contributed by atoms with Gasteiger partial charge >= 0.3 is 6.18 Å². The monoisotopic (exact) mass is 394 g/mol. The minimum Gasteiger partial charge on any atom is -0.378 e. The highest BCUT2D eigenvalue weighted by atomic mass is 35.5. The lowest BCUT2D eigenvalue weighted by atomic mass is 9.98. The molecule has 1 fully saturated rings. The first-order chi connectivity index (χ1) is 11.9. The zero-order chi connectivity index (χ0) is 18.3. The smallest absolute Gasteiger partial charge is 0.378 e. The van der Waals surface area contributed by atoms with E-state index >= 15 is 0 Å². The molecule has 0 aliphatic heterocycles. The fourth-order valence-corrected chi connectivity index (χ4v) is 3.20. The van der Waals surface area contributed by atoms with Crippen molar-refractivity contribution in [2.45, 2.75) is 50.8 Å². The van der Waals surface area contributed by atoms with Crippen LogP contribution in [0.5, 0.6) is 0 Å². The molecule has 3 nitrogen and oxygen atoms in total. The minimum absolute atomic E-state index is 0.243. The highest BCUT2D eigenvalue weighted by Crippen LogP contribution is 2.36. The van der Waals surface area contributed by atoms with Gasteiger partial charge in [0.1, 0.15) is 0 Å². The molecule has 1 aliphatic carbocycles. The first-order valence-corrected chi connectivity index (χ1v) is 9.18. The van der Waals surface area contributed by atoms with Crippen molar-refractivity contribution in [2.75, 3.05) is 18.5 Å². The van der Waals surface area contributed by atoms with Gasteiger partial charge in [0.25, 0.3) is 0 Å². The topological polar surface area (TPSA) is 33.3 Å². The summed E-state index contributed by atoms with van der Waals surface area (Å²) >= 11 is 10.7. The molecule has 2 N–H and O–H groups in total. The molecule has 1 aromatic rings. The number of hydrogen-bond acceptors (Lipinski definition) is 2. The van der Waals surface area contributed by atoms with Crippen molar-refractivity contribution in [3.8, 4) is 0 Å². The minimum atomic E-state index is -4.50. The van der Waals surface area contributed by atoms with Crippen molar-refractivity contribution in [1.82, 2.24) is 5.32 Å². The first kappa shape index (κ1) is 20.3. The molecule has 0 atom stereocenters. The predicted octanol–water partition coefficient (Wildman–Crippen LogP) is 5.38. The van der Waals surface area contributed by atoms with Gasteiger partial charge in [0.2, 0.25) is 0 Å². The van der Waals surface area contributed by atoms with Crippen LogP contribution in [0.1, 0.15) is 44.1 Å². The molecule has 2 rings (SSSR count). The van der Waals surface area contributed by atoms with Crippen LogP contribution in [-0.2, 0) is 10.9 Å². The normalized spacial score (nSPS) is 15.8. The van der Waals surface area contributed by atoms with Crippen LogP contribution < -0.4 is 10.6 Å². The van der Waals surface area contributed by atoms with Gasteiger partial charge in [-0.25, -0.2) is 0 Å². The largest absolute Gasteiger partial charge is 0.417 e. The SMILES string of the molecule is FC(F)(F)c1cc(NC(=S)NCCCOC2CCCCC2)ccc1Cl. The standard InChI is InChI=1S/C17H22ClF3N2OS/c18-15-8-7-12(11-14(15)17(19,20)21)23-16(25)22-9-4-10-24-13-5-2-1-3-6-13/h7-8,11,13H,1-6,9-10H2,(H2,22,23,25). The summed E-state index contributed by atoms with van der Waals surface area (Å²) in [5, 5.41) is 5.65. The van der Waals surface area contributed by atoms with Gasteiger partial charge < -0.3 is 15.4 Å². The number of thiocarbonyl (C=S) groups is 1. The highest BCUT2D eigenvalue weighted by Gasteiger charge is 2.33. The number of halogens is 4. The molecular weight excluding hydrogens is 373 g/mol. The summed E-state index contributed by atoms with van der Waals surface area (Å²) in [6, 6.07) is 3.60. The zero-order valence-corrected chi connectivity index (χ0v) is 15.4. The fraction of sp³-hybridized carbons (Fsp3) is 0.588. The van der Waals surface area contributed by atoms with Crippen LogP contribution in [0.3, 0.4) is 0 Å². The Kier molecular flexibility index (Phi) is 7.78. The summed E-state index contributed by atoms with van der Waals surface area (Å²) in [7, 11) is 0. The molecule has 0 heterocycles. The van der Waals surface area contributed by atoms with Crippen molar-refractivity contribution in [3.63, 3.8) is 0 Å². The third kappa shape index (κ3) is 6.99. The summed E-state index contributed by atoms with van der Waals surface area (Å²) in [6.45, 7) is 1.25. The van der Waals surface area contributed by atoms with E-state index in [9.17, 15) is 13.2 Å². The number of nitrogens with one attached hydrogen (secondary N) is 2.